The van der Waals surface area contributed by atoms with Gasteiger partial charge in [0.15, 0.2) is 11.5 Å². The number of halogens is 2. The molecule has 8 heteroatoms. The van der Waals surface area contributed by atoms with Gasteiger partial charge in [0, 0.05) is 25.7 Å². The van der Waals surface area contributed by atoms with Gasteiger partial charge < -0.3 is 10.4 Å². The fourth-order valence-electron chi connectivity index (χ4n) is 4.27. The van der Waals surface area contributed by atoms with Gasteiger partial charge in [0.25, 0.3) is 0 Å². The molecule has 5 rings (SSSR count). The predicted octanol–water partition coefficient (Wildman–Crippen LogP) is 4.76. The maximum absolute atomic E-state index is 9.80. The zero-order valence-corrected chi connectivity index (χ0v) is 18.4. The smallest absolute Gasteiger partial charge is 0.180 e. The molecule has 160 valence electrons. The van der Waals surface area contributed by atoms with Gasteiger partial charge in [-0.05, 0) is 30.5 Å². The summed E-state index contributed by atoms with van der Waals surface area (Å²) in [6.45, 7) is 2.89. The third-order valence-corrected chi connectivity index (χ3v) is 6.60. The quantitative estimate of drug-likeness (QED) is 0.454. The average molecular weight is 456 g/mol. The van der Waals surface area contributed by atoms with Crippen molar-refractivity contribution in [3.63, 3.8) is 0 Å². The number of nitrogens with zero attached hydrogens (tertiary/aromatic N) is 4. The van der Waals surface area contributed by atoms with Crippen LogP contribution in [0.25, 0.3) is 16.7 Å². The van der Waals surface area contributed by atoms with Crippen molar-refractivity contribution in [1.29, 1.82) is 0 Å². The summed E-state index contributed by atoms with van der Waals surface area (Å²) in [6, 6.07) is 14.4. The van der Waals surface area contributed by atoms with E-state index < -0.39 is 0 Å². The van der Waals surface area contributed by atoms with E-state index in [0.717, 1.165) is 38.0 Å². The Bertz CT molecular complexity index is 1220. The highest BCUT2D eigenvalue weighted by Gasteiger charge is 2.22. The Morgan fingerprint density at radius 3 is 2.55 bits per heavy atom. The largest absolute Gasteiger partial charge is 0.390 e. The molecule has 1 aliphatic rings. The van der Waals surface area contributed by atoms with Crippen LogP contribution in [0.2, 0.25) is 10.0 Å². The molecule has 2 aromatic carbocycles. The second-order valence-electron chi connectivity index (χ2n) is 7.96. The number of fused-ring (bicyclic) bond motifs is 3. The zero-order valence-electron chi connectivity index (χ0n) is 16.9. The SMILES string of the molecule is OCc1cnc2c(NC3CCN(Cc4ccccc4)CC3)nc3cc(Cl)c(Cl)cc3n12. The van der Waals surface area contributed by atoms with Crippen LogP contribution in [0.1, 0.15) is 24.1 Å². The molecule has 0 bridgehead atoms. The lowest BCUT2D eigenvalue weighted by Crippen LogP contribution is -2.38. The summed E-state index contributed by atoms with van der Waals surface area (Å²) < 4.78 is 1.90. The Hall–Kier alpha value is -2.38. The van der Waals surface area contributed by atoms with Crippen molar-refractivity contribution < 1.29 is 5.11 Å². The van der Waals surface area contributed by atoms with Gasteiger partial charge in [-0.1, -0.05) is 53.5 Å². The molecular weight excluding hydrogens is 433 g/mol. The Morgan fingerprint density at radius 1 is 1.06 bits per heavy atom. The Balaban J connectivity index is 1.39. The maximum atomic E-state index is 9.80. The lowest BCUT2D eigenvalue weighted by Gasteiger charge is -2.32. The number of benzene rings is 2. The normalized spacial score (nSPS) is 15.7. The van der Waals surface area contributed by atoms with E-state index in [-0.39, 0.29) is 6.61 Å². The molecule has 0 radical (unpaired) electrons. The number of anilines is 1. The van der Waals surface area contributed by atoms with Gasteiger partial charge >= 0.3 is 0 Å². The third-order valence-electron chi connectivity index (χ3n) is 5.88. The monoisotopic (exact) mass is 455 g/mol. The van der Waals surface area contributed by atoms with Crippen molar-refractivity contribution in [2.75, 3.05) is 18.4 Å². The van der Waals surface area contributed by atoms with E-state index >= 15 is 0 Å². The van der Waals surface area contributed by atoms with Crippen molar-refractivity contribution in [3.8, 4) is 0 Å². The predicted molar refractivity (Wildman–Crippen MR) is 125 cm³/mol. The van der Waals surface area contributed by atoms with E-state index in [1.165, 1.54) is 5.56 Å². The Morgan fingerprint density at radius 2 is 1.81 bits per heavy atom. The minimum Gasteiger partial charge on any atom is -0.390 e. The van der Waals surface area contributed by atoms with Gasteiger partial charge in [-0.3, -0.25) is 9.30 Å². The van der Waals surface area contributed by atoms with Crippen LogP contribution in [-0.4, -0.2) is 43.5 Å². The molecule has 0 amide bonds. The molecule has 0 aliphatic carbocycles. The van der Waals surface area contributed by atoms with Crippen molar-refractivity contribution in [2.24, 2.45) is 0 Å². The standard InChI is InChI=1S/C23H23Cl2N5O/c24-18-10-20-21(11-19(18)25)30-17(14-31)12-26-23(30)22(28-20)27-16-6-8-29(9-7-16)13-15-4-2-1-3-5-15/h1-5,10-12,16,31H,6-9,13-14H2,(H,27,28). The number of piperidine rings is 1. The van der Waals surface area contributed by atoms with Crippen LogP contribution in [0.3, 0.4) is 0 Å². The zero-order chi connectivity index (χ0) is 21.4. The van der Waals surface area contributed by atoms with Gasteiger partial charge in [-0.2, -0.15) is 0 Å². The third kappa shape index (κ3) is 4.08. The number of aliphatic hydroxyl groups is 1. The molecule has 6 nitrogen and oxygen atoms in total. The molecule has 1 aliphatic heterocycles. The summed E-state index contributed by atoms with van der Waals surface area (Å²) in [6.07, 6.45) is 3.72. The highest BCUT2D eigenvalue weighted by Crippen LogP contribution is 2.31. The summed E-state index contributed by atoms with van der Waals surface area (Å²) in [7, 11) is 0. The number of rotatable bonds is 5. The fourth-order valence-corrected chi connectivity index (χ4v) is 4.58. The molecule has 0 saturated carbocycles. The number of nitrogens with one attached hydrogen (secondary N) is 1. The average Bonchev–Trinajstić information content (AvgIpc) is 3.22. The fraction of sp³-hybridized carbons (Fsp3) is 0.304. The highest BCUT2D eigenvalue weighted by molar-refractivity contribution is 6.42. The molecule has 3 heterocycles. The van der Waals surface area contributed by atoms with Crippen molar-refractivity contribution in [1.82, 2.24) is 19.3 Å². The van der Waals surface area contributed by atoms with Crippen molar-refractivity contribution in [3.05, 3.63) is 70.0 Å². The second kappa shape index (κ2) is 8.63. The minimum absolute atomic E-state index is 0.127. The van der Waals surface area contributed by atoms with E-state index in [1.54, 1.807) is 18.3 Å². The van der Waals surface area contributed by atoms with Crippen molar-refractivity contribution >= 4 is 45.7 Å². The number of hydrogen-bond acceptors (Lipinski definition) is 5. The number of aliphatic hydroxyl groups excluding tert-OH is 1. The lowest BCUT2D eigenvalue weighted by atomic mass is 10.0. The van der Waals surface area contributed by atoms with E-state index in [1.807, 2.05) is 4.40 Å². The molecule has 2 N–H and O–H groups in total. The summed E-state index contributed by atoms with van der Waals surface area (Å²) in [5.41, 5.74) is 4.19. The molecule has 1 fully saturated rings. The maximum Gasteiger partial charge on any atom is 0.180 e. The van der Waals surface area contributed by atoms with Crippen LogP contribution in [0.4, 0.5) is 5.82 Å². The van der Waals surface area contributed by atoms with Crippen LogP contribution < -0.4 is 5.32 Å². The molecule has 31 heavy (non-hydrogen) atoms. The topological polar surface area (TPSA) is 65.7 Å². The van der Waals surface area contributed by atoms with Crippen LogP contribution in [0, 0.1) is 0 Å². The molecule has 0 unspecified atom stereocenters. The van der Waals surface area contributed by atoms with E-state index in [2.05, 4.69) is 45.5 Å². The van der Waals surface area contributed by atoms with Crippen LogP contribution in [0.5, 0.6) is 0 Å². The van der Waals surface area contributed by atoms with E-state index in [4.69, 9.17) is 28.2 Å². The van der Waals surface area contributed by atoms with Gasteiger partial charge in [0.2, 0.25) is 0 Å². The first-order chi connectivity index (χ1) is 15.1. The van der Waals surface area contributed by atoms with E-state index in [0.29, 0.717) is 38.8 Å². The van der Waals surface area contributed by atoms with Crippen molar-refractivity contribution in [2.45, 2.75) is 32.0 Å². The number of likely N-dealkylation sites (tertiary alicyclic amines) is 1. The minimum atomic E-state index is -0.127. The van der Waals surface area contributed by atoms with Crippen LogP contribution in [0.15, 0.2) is 48.7 Å². The lowest BCUT2D eigenvalue weighted by molar-refractivity contribution is 0.211. The molecule has 1 saturated heterocycles. The first kappa shape index (κ1) is 20.5. The van der Waals surface area contributed by atoms with Crippen LogP contribution >= 0.6 is 23.2 Å². The Labute approximate surface area is 190 Å². The summed E-state index contributed by atoms with van der Waals surface area (Å²) in [5.74, 6) is 0.701. The number of aromatic nitrogens is 3. The highest BCUT2D eigenvalue weighted by atomic mass is 35.5. The first-order valence-electron chi connectivity index (χ1n) is 10.4. The first-order valence-corrected chi connectivity index (χ1v) is 11.2. The van der Waals surface area contributed by atoms with Gasteiger partial charge in [-0.25, -0.2) is 9.97 Å². The second-order valence-corrected chi connectivity index (χ2v) is 8.78. The molecule has 0 atom stereocenters. The molecule has 2 aromatic heterocycles. The van der Waals surface area contributed by atoms with Gasteiger partial charge in [0.1, 0.15) is 0 Å². The molecule has 4 aromatic rings. The van der Waals surface area contributed by atoms with Gasteiger partial charge in [-0.15, -0.1) is 0 Å². The van der Waals surface area contributed by atoms with E-state index in [9.17, 15) is 5.11 Å². The summed E-state index contributed by atoms with van der Waals surface area (Å²) in [5, 5.41) is 14.3. The number of imidazole rings is 1. The molecule has 0 spiro atoms. The summed E-state index contributed by atoms with van der Waals surface area (Å²) in [4.78, 5) is 11.8. The molecular formula is C23H23Cl2N5O. The van der Waals surface area contributed by atoms with Crippen LogP contribution in [-0.2, 0) is 13.2 Å². The van der Waals surface area contributed by atoms with Gasteiger partial charge in [0.05, 0.1) is 39.6 Å². The number of hydrogen-bond donors (Lipinski definition) is 2. The summed E-state index contributed by atoms with van der Waals surface area (Å²) >= 11 is 12.5. The Kier molecular flexibility index (Phi) is 5.71.